The van der Waals surface area contributed by atoms with Gasteiger partial charge in [-0.25, -0.2) is 14.8 Å². The van der Waals surface area contributed by atoms with E-state index >= 15 is 0 Å². The number of anilines is 1. The fourth-order valence-corrected chi connectivity index (χ4v) is 3.35. The van der Waals surface area contributed by atoms with Crippen molar-refractivity contribution in [3.8, 4) is 0 Å². The number of carbonyl (C=O) groups is 1. The topological polar surface area (TPSA) is 103 Å². The molecule has 3 rings (SSSR count). The Kier molecular flexibility index (Phi) is 5.84. The highest BCUT2D eigenvalue weighted by Gasteiger charge is 2.19. The lowest BCUT2D eigenvalue weighted by Gasteiger charge is -2.13. The van der Waals surface area contributed by atoms with Crippen molar-refractivity contribution in [3.05, 3.63) is 29.6 Å². The number of rotatable bonds is 7. The molecule has 3 N–H and O–H groups in total. The number of imidazole rings is 1. The van der Waals surface area contributed by atoms with Crippen molar-refractivity contribution in [2.45, 2.75) is 65.7 Å². The number of pyridine rings is 1. The second kappa shape index (κ2) is 8.14. The molecule has 0 bridgehead atoms. The number of aromatic nitrogens is 3. The highest BCUT2D eigenvalue weighted by atomic mass is 16.5. The first kappa shape index (κ1) is 20.1. The number of esters is 1. The molecular formula is C21H28N4O3. The van der Waals surface area contributed by atoms with Crippen LogP contribution in [-0.4, -0.2) is 37.8 Å². The third kappa shape index (κ3) is 3.94. The average Bonchev–Trinajstić information content (AvgIpc) is 2.97. The number of carbonyl (C=O) groups excluding carboxylic acids is 1. The molecule has 0 saturated heterocycles. The third-order valence-electron chi connectivity index (χ3n) is 4.56. The summed E-state index contributed by atoms with van der Waals surface area (Å²) < 4.78 is 7.31. The van der Waals surface area contributed by atoms with Crippen LogP contribution in [0.1, 0.15) is 56.7 Å². The van der Waals surface area contributed by atoms with Crippen LogP contribution in [0, 0.1) is 0 Å². The molecule has 28 heavy (non-hydrogen) atoms. The Morgan fingerprint density at radius 3 is 2.68 bits per heavy atom. The number of aliphatic hydroxyl groups excluding tert-OH is 1. The molecule has 0 aliphatic heterocycles. The van der Waals surface area contributed by atoms with Gasteiger partial charge in [-0.3, -0.25) is 0 Å². The van der Waals surface area contributed by atoms with Crippen molar-refractivity contribution >= 4 is 33.7 Å². The van der Waals surface area contributed by atoms with Gasteiger partial charge in [0.2, 0.25) is 0 Å². The first-order chi connectivity index (χ1) is 13.3. The summed E-state index contributed by atoms with van der Waals surface area (Å²) in [6.07, 6.45) is 2.13. The molecule has 1 aromatic carbocycles. The normalized spacial score (nSPS) is 12.8. The van der Waals surface area contributed by atoms with Crippen LogP contribution in [0.5, 0.6) is 0 Å². The van der Waals surface area contributed by atoms with E-state index in [1.165, 1.54) is 0 Å². The van der Waals surface area contributed by atoms with Gasteiger partial charge in [0.25, 0.3) is 0 Å². The number of nitrogens with zero attached hydrogens (tertiary/aromatic N) is 3. The van der Waals surface area contributed by atoms with Crippen LogP contribution < -0.4 is 5.73 Å². The number of ether oxygens (including phenoxy) is 1. The van der Waals surface area contributed by atoms with Crippen LogP contribution in [0.15, 0.2) is 18.2 Å². The van der Waals surface area contributed by atoms with Crippen molar-refractivity contribution < 1.29 is 14.6 Å². The number of fused-ring (bicyclic) bond motifs is 3. The van der Waals surface area contributed by atoms with Gasteiger partial charge in [-0.2, -0.15) is 0 Å². The molecule has 1 atom stereocenters. The Bertz CT molecular complexity index is 1010. The van der Waals surface area contributed by atoms with Crippen LogP contribution in [0.4, 0.5) is 5.82 Å². The second-order valence-corrected chi connectivity index (χ2v) is 7.47. The standard InChI is InChI=1S/C21H28N4O3/c1-5-6-7-17-24-18-19(25(17)11-13(4)26)15-9-8-14(21(27)28-12(2)3)10-16(15)23-20(18)22/h8-10,12-13,26H,5-7,11H2,1-4H3,(H2,22,23). The second-order valence-electron chi connectivity index (χ2n) is 7.47. The van der Waals surface area contributed by atoms with Gasteiger partial charge in [0.05, 0.1) is 35.3 Å². The molecule has 0 saturated carbocycles. The van der Waals surface area contributed by atoms with Crippen molar-refractivity contribution in [1.29, 1.82) is 0 Å². The van der Waals surface area contributed by atoms with E-state index < -0.39 is 12.1 Å². The number of hydrogen-bond donors (Lipinski definition) is 2. The zero-order valence-corrected chi connectivity index (χ0v) is 16.9. The van der Waals surface area contributed by atoms with Crippen LogP contribution in [0.2, 0.25) is 0 Å². The summed E-state index contributed by atoms with van der Waals surface area (Å²) in [5.41, 5.74) is 8.73. The molecule has 0 amide bonds. The maximum absolute atomic E-state index is 12.3. The Labute approximate surface area is 164 Å². The van der Waals surface area contributed by atoms with Crippen molar-refractivity contribution in [1.82, 2.24) is 14.5 Å². The van der Waals surface area contributed by atoms with Crippen molar-refractivity contribution in [2.24, 2.45) is 0 Å². The zero-order valence-electron chi connectivity index (χ0n) is 16.9. The highest BCUT2D eigenvalue weighted by molar-refractivity contribution is 6.08. The van der Waals surface area contributed by atoms with E-state index in [2.05, 4.69) is 11.9 Å². The molecule has 1 unspecified atom stereocenters. The Morgan fingerprint density at radius 1 is 1.29 bits per heavy atom. The molecule has 2 aromatic heterocycles. The van der Waals surface area contributed by atoms with Crippen molar-refractivity contribution in [3.63, 3.8) is 0 Å². The quantitative estimate of drug-likeness (QED) is 0.605. The van der Waals surface area contributed by atoms with Gasteiger partial charge in [0.15, 0.2) is 5.82 Å². The molecule has 150 valence electrons. The summed E-state index contributed by atoms with van der Waals surface area (Å²) in [5.74, 6) is 0.819. The Balaban J connectivity index is 2.21. The van der Waals surface area contributed by atoms with Crippen LogP contribution >= 0.6 is 0 Å². The van der Waals surface area contributed by atoms with Crippen LogP contribution in [0.3, 0.4) is 0 Å². The molecule has 3 aromatic rings. The number of hydrogen-bond acceptors (Lipinski definition) is 6. The summed E-state index contributed by atoms with van der Waals surface area (Å²) in [5, 5.41) is 10.9. The predicted molar refractivity (Wildman–Crippen MR) is 110 cm³/mol. The Morgan fingerprint density at radius 2 is 2.04 bits per heavy atom. The van der Waals surface area contributed by atoms with E-state index in [0.29, 0.717) is 29.0 Å². The largest absolute Gasteiger partial charge is 0.459 e. The lowest BCUT2D eigenvalue weighted by Crippen LogP contribution is -2.15. The zero-order chi connectivity index (χ0) is 20.4. The monoisotopic (exact) mass is 384 g/mol. The Hall–Kier alpha value is -2.67. The molecule has 0 fully saturated rings. The minimum atomic E-state index is -0.525. The number of benzene rings is 1. The first-order valence-electron chi connectivity index (χ1n) is 9.79. The third-order valence-corrected chi connectivity index (χ3v) is 4.56. The van der Waals surface area contributed by atoms with Crippen molar-refractivity contribution in [2.75, 3.05) is 5.73 Å². The van der Waals surface area contributed by atoms with Gasteiger partial charge in [0, 0.05) is 11.8 Å². The smallest absolute Gasteiger partial charge is 0.338 e. The van der Waals surface area contributed by atoms with Gasteiger partial charge < -0.3 is 20.1 Å². The minimum absolute atomic E-state index is 0.197. The highest BCUT2D eigenvalue weighted by Crippen LogP contribution is 2.30. The van der Waals surface area contributed by atoms with Gasteiger partial charge in [-0.05, 0) is 45.4 Å². The SMILES string of the molecule is CCCCc1nc2c(N)nc3cc(C(=O)OC(C)C)ccc3c2n1CC(C)O. The van der Waals surface area contributed by atoms with E-state index in [4.69, 9.17) is 15.5 Å². The van der Waals surface area contributed by atoms with Gasteiger partial charge in [0.1, 0.15) is 11.3 Å². The van der Waals surface area contributed by atoms with E-state index in [1.807, 2.05) is 24.5 Å². The number of aliphatic hydroxyl groups is 1. The number of unbranched alkanes of at least 4 members (excludes halogenated alkanes) is 1. The maximum Gasteiger partial charge on any atom is 0.338 e. The van der Waals surface area contributed by atoms with E-state index in [-0.39, 0.29) is 6.10 Å². The van der Waals surface area contributed by atoms with Crippen LogP contribution in [0.25, 0.3) is 21.9 Å². The van der Waals surface area contributed by atoms with Crippen LogP contribution in [-0.2, 0) is 17.7 Å². The van der Waals surface area contributed by atoms with E-state index in [9.17, 15) is 9.90 Å². The summed E-state index contributed by atoms with van der Waals surface area (Å²) in [6, 6.07) is 5.28. The molecular weight excluding hydrogens is 356 g/mol. The summed E-state index contributed by atoms with van der Waals surface area (Å²) in [4.78, 5) is 21.4. The van der Waals surface area contributed by atoms with Gasteiger partial charge in [-0.1, -0.05) is 13.3 Å². The van der Waals surface area contributed by atoms with E-state index in [0.717, 1.165) is 36.0 Å². The molecule has 0 aliphatic rings. The fraction of sp³-hybridized carbons (Fsp3) is 0.476. The average molecular weight is 384 g/mol. The predicted octanol–water partition coefficient (Wildman–Crippen LogP) is 3.46. The van der Waals surface area contributed by atoms with Gasteiger partial charge >= 0.3 is 5.97 Å². The minimum Gasteiger partial charge on any atom is -0.459 e. The summed E-state index contributed by atoms with van der Waals surface area (Å²) in [6.45, 7) is 7.93. The van der Waals surface area contributed by atoms with E-state index in [1.54, 1.807) is 19.1 Å². The molecule has 7 heteroatoms. The maximum atomic E-state index is 12.3. The number of nitrogen functional groups attached to an aromatic ring is 1. The summed E-state index contributed by atoms with van der Waals surface area (Å²) in [7, 11) is 0. The molecule has 0 radical (unpaired) electrons. The molecule has 0 spiro atoms. The van der Waals surface area contributed by atoms with Gasteiger partial charge in [-0.15, -0.1) is 0 Å². The lowest BCUT2D eigenvalue weighted by molar-refractivity contribution is 0.0378. The number of nitrogens with two attached hydrogens (primary N) is 1. The number of aryl methyl sites for hydroxylation is 1. The fourth-order valence-electron chi connectivity index (χ4n) is 3.35. The first-order valence-corrected chi connectivity index (χ1v) is 9.79. The lowest BCUT2D eigenvalue weighted by atomic mass is 10.1. The molecule has 0 aliphatic carbocycles. The molecule has 2 heterocycles. The molecule has 7 nitrogen and oxygen atoms in total. The summed E-state index contributed by atoms with van der Waals surface area (Å²) >= 11 is 0.